The number of methoxy groups -OCH3 is 1. The molecule has 2 N–H and O–H groups in total. The Bertz CT molecular complexity index is 695. The van der Waals surface area contributed by atoms with E-state index in [4.69, 9.17) is 19.9 Å². The minimum Gasteiger partial charge on any atom is -0.453 e. The Kier molecular flexibility index (Phi) is 5.85. The molecular weight excluding hydrogens is 363 g/mol. The van der Waals surface area contributed by atoms with Crippen molar-refractivity contribution in [2.24, 2.45) is 11.7 Å². The molecule has 154 valence electrons. The second-order valence-corrected chi connectivity index (χ2v) is 8.15. The Labute approximate surface area is 165 Å². The molecule has 7 heteroatoms. The van der Waals surface area contributed by atoms with E-state index in [0.717, 1.165) is 31.2 Å². The average Bonchev–Trinajstić information content (AvgIpc) is 3.28. The van der Waals surface area contributed by atoms with E-state index in [2.05, 4.69) is 0 Å². The molecular formula is C21H29FN2O4. The van der Waals surface area contributed by atoms with E-state index in [-0.39, 0.29) is 42.1 Å². The number of nitrogens with zero attached hydrogens (tertiary/aromatic N) is 1. The highest BCUT2D eigenvalue weighted by molar-refractivity contribution is 5.69. The molecule has 1 aromatic carbocycles. The zero-order valence-corrected chi connectivity index (χ0v) is 16.3. The largest absolute Gasteiger partial charge is 0.453 e. The molecule has 2 heterocycles. The maximum atomic E-state index is 13.5. The molecule has 4 atom stereocenters. The standard InChI is InChI=1S/C21H29FN2O4/c1-26-21(25)24-18-11-27-10-17(18)20(23)19(24)12-28-16-7-5-13(6-8-16)14-3-2-4-15(22)9-14/h2-4,9,13,16-20H,5-8,10-12,23H2,1H3/t13?,16?,17-,18+,19-,20-/m0/s1. The van der Waals surface area contributed by atoms with Crippen LogP contribution in [-0.4, -0.2) is 62.2 Å². The van der Waals surface area contributed by atoms with Gasteiger partial charge in [0.05, 0.1) is 45.1 Å². The van der Waals surface area contributed by atoms with Gasteiger partial charge in [0.15, 0.2) is 0 Å². The Morgan fingerprint density at radius 3 is 2.79 bits per heavy atom. The molecule has 0 bridgehead atoms. The van der Waals surface area contributed by atoms with E-state index in [9.17, 15) is 9.18 Å². The SMILES string of the molecule is COC(=O)N1[C@@H]2COC[C@@H]2[C@H](N)[C@@H]1COC1CCC(c2cccc(F)c2)CC1. The maximum absolute atomic E-state index is 13.5. The van der Waals surface area contributed by atoms with E-state index in [1.807, 2.05) is 6.07 Å². The van der Waals surface area contributed by atoms with Gasteiger partial charge in [-0.15, -0.1) is 0 Å². The van der Waals surface area contributed by atoms with Crippen LogP contribution in [0, 0.1) is 11.7 Å². The van der Waals surface area contributed by atoms with Crippen LogP contribution in [-0.2, 0) is 14.2 Å². The monoisotopic (exact) mass is 392 g/mol. The average molecular weight is 392 g/mol. The third kappa shape index (κ3) is 3.75. The first kappa shape index (κ1) is 19.6. The van der Waals surface area contributed by atoms with Gasteiger partial charge in [0.1, 0.15) is 5.82 Å². The fourth-order valence-corrected chi connectivity index (χ4v) is 5.06. The topological polar surface area (TPSA) is 74.0 Å². The van der Waals surface area contributed by atoms with Gasteiger partial charge in [-0.1, -0.05) is 12.1 Å². The first-order valence-corrected chi connectivity index (χ1v) is 10.1. The summed E-state index contributed by atoms with van der Waals surface area (Å²) < 4.78 is 30.2. The van der Waals surface area contributed by atoms with E-state index in [1.54, 1.807) is 17.0 Å². The van der Waals surface area contributed by atoms with E-state index >= 15 is 0 Å². The van der Waals surface area contributed by atoms with Crippen molar-refractivity contribution in [3.05, 3.63) is 35.6 Å². The molecule has 28 heavy (non-hydrogen) atoms. The number of carbonyl (C=O) groups excluding carboxylic acids is 1. The Morgan fingerprint density at radius 1 is 1.29 bits per heavy atom. The number of likely N-dealkylation sites (tertiary alicyclic amines) is 1. The summed E-state index contributed by atoms with van der Waals surface area (Å²) in [5.74, 6) is 0.340. The van der Waals surface area contributed by atoms with Gasteiger partial charge in [-0.05, 0) is 49.3 Å². The smallest absolute Gasteiger partial charge is 0.410 e. The number of ether oxygens (including phenoxy) is 3. The zero-order chi connectivity index (χ0) is 19.7. The summed E-state index contributed by atoms with van der Waals surface area (Å²) >= 11 is 0. The molecule has 4 rings (SSSR count). The van der Waals surface area contributed by atoms with Crippen LogP contribution < -0.4 is 5.73 Å². The quantitative estimate of drug-likeness (QED) is 0.853. The number of fused-ring (bicyclic) bond motifs is 1. The third-order valence-corrected chi connectivity index (χ3v) is 6.63. The fraction of sp³-hybridized carbons (Fsp3) is 0.667. The molecule has 0 unspecified atom stereocenters. The van der Waals surface area contributed by atoms with Gasteiger partial charge < -0.3 is 19.9 Å². The molecule has 2 aliphatic heterocycles. The minimum absolute atomic E-state index is 0.0280. The van der Waals surface area contributed by atoms with Crippen LogP contribution in [0.4, 0.5) is 9.18 Å². The van der Waals surface area contributed by atoms with Crippen molar-refractivity contribution >= 4 is 6.09 Å². The summed E-state index contributed by atoms with van der Waals surface area (Å²) in [7, 11) is 1.39. The van der Waals surface area contributed by atoms with Crippen LogP contribution in [0.2, 0.25) is 0 Å². The Balaban J connectivity index is 1.32. The van der Waals surface area contributed by atoms with E-state index < -0.39 is 0 Å². The highest BCUT2D eigenvalue weighted by Gasteiger charge is 2.52. The number of amides is 1. The summed E-state index contributed by atoms with van der Waals surface area (Å²) in [5, 5.41) is 0. The van der Waals surface area contributed by atoms with Crippen molar-refractivity contribution in [1.82, 2.24) is 4.90 Å². The lowest BCUT2D eigenvalue weighted by atomic mass is 9.82. The van der Waals surface area contributed by atoms with Crippen LogP contribution in [0.3, 0.4) is 0 Å². The molecule has 0 spiro atoms. The summed E-state index contributed by atoms with van der Waals surface area (Å²) in [6.07, 6.45) is 3.59. The lowest BCUT2D eigenvalue weighted by Crippen LogP contribution is -2.49. The van der Waals surface area contributed by atoms with Crippen LogP contribution >= 0.6 is 0 Å². The zero-order valence-electron chi connectivity index (χ0n) is 16.3. The molecule has 2 saturated heterocycles. The summed E-state index contributed by atoms with van der Waals surface area (Å²) in [6, 6.07) is 6.51. The second-order valence-electron chi connectivity index (χ2n) is 8.15. The number of carbonyl (C=O) groups is 1. The molecule has 3 fully saturated rings. The van der Waals surface area contributed by atoms with Crippen molar-refractivity contribution in [3.63, 3.8) is 0 Å². The van der Waals surface area contributed by atoms with Gasteiger partial charge in [-0.25, -0.2) is 9.18 Å². The van der Waals surface area contributed by atoms with Crippen molar-refractivity contribution in [3.8, 4) is 0 Å². The van der Waals surface area contributed by atoms with Crippen LogP contribution in [0.1, 0.15) is 37.2 Å². The highest BCUT2D eigenvalue weighted by atomic mass is 19.1. The molecule has 1 amide bonds. The minimum atomic E-state index is -0.364. The van der Waals surface area contributed by atoms with Gasteiger partial charge in [-0.3, -0.25) is 4.90 Å². The van der Waals surface area contributed by atoms with Gasteiger partial charge >= 0.3 is 6.09 Å². The van der Waals surface area contributed by atoms with Crippen LogP contribution in [0.25, 0.3) is 0 Å². The highest BCUT2D eigenvalue weighted by Crippen LogP contribution is 2.37. The van der Waals surface area contributed by atoms with Crippen molar-refractivity contribution in [1.29, 1.82) is 0 Å². The van der Waals surface area contributed by atoms with Gasteiger partial charge in [-0.2, -0.15) is 0 Å². The van der Waals surface area contributed by atoms with Crippen LogP contribution in [0.5, 0.6) is 0 Å². The van der Waals surface area contributed by atoms with Crippen molar-refractivity contribution in [2.75, 3.05) is 26.9 Å². The number of benzene rings is 1. The maximum Gasteiger partial charge on any atom is 0.410 e. The molecule has 1 aliphatic carbocycles. The van der Waals surface area contributed by atoms with Gasteiger partial charge in [0.25, 0.3) is 0 Å². The molecule has 1 aromatic rings. The molecule has 6 nitrogen and oxygen atoms in total. The van der Waals surface area contributed by atoms with Crippen molar-refractivity contribution in [2.45, 2.75) is 55.8 Å². The first-order chi connectivity index (χ1) is 13.6. The fourth-order valence-electron chi connectivity index (χ4n) is 5.06. The first-order valence-electron chi connectivity index (χ1n) is 10.1. The van der Waals surface area contributed by atoms with E-state index in [1.165, 1.54) is 13.2 Å². The number of hydrogen-bond acceptors (Lipinski definition) is 5. The molecule has 3 aliphatic rings. The predicted molar refractivity (Wildman–Crippen MR) is 101 cm³/mol. The third-order valence-electron chi connectivity index (χ3n) is 6.63. The van der Waals surface area contributed by atoms with E-state index in [0.29, 0.717) is 25.7 Å². The number of nitrogens with two attached hydrogens (primary N) is 1. The van der Waals surface area contributed by atoms with Crippen molar-refractivity contribution < 1.29 is 23.4 Å². The summed E-state index contributed by atoms with van der Waals surface area (Å²) in [4.78, 5) is 14.0. The van der Waals surface area contributed by atoms with Gasteiger partial charge in [0.2, 0.25) is 0 Å². The number of rotatable bonds is 4. The molecule has 0 aromatic heterocycles. The predicted octanol–water partition coefficient (Wildman–Crippen LogP) is 2.66. The lowest BCUT2D eigenvalue weighted by molar-refractivity contribution is -0.0128. The molecule has 1 saturated carbocycles. The molecule has 0 radical (unpaired) electrons. The number of halogens is 1. The number of hydrogen-bond donors (Lipinski definition) is 1. The Hall–Kier alpha value is -1.70. The summed E-state index contributed by atoms with van der Waals surface area (Å²) in [6.45, 7) is 1.50. The Morgan fingerprint density at radius 2 is 2.07 bits per heavy atom. The normalized spacial score (nSPS) is 35.0. The second kappa shape index (κ2) is 8.35. The summed E-state index contributed by atoms with van der Waals surface area (Å²) in [5.41, 5.74) is 7.50. The van der Waals surface area contributed by atoms with Crippen LogP contribution in [0.15, 0.2) is 24.3 Å². The van der Waals surface area contributed by atoms with Gasteiger partial charge in [0, 0.05) is 12.0 Å². The lowest BCUT2D eigenvalue weighted by Gasteiger charge is -2.33.